The van der Waals surface area contributed by atoms with Gasteiger partial charge in [-0.3, -0.25) is 0 Å². The van der Waals surface area contributed by atoms with E-state index in [1.54, 1.807) is 31.2 Å². The second-order valence-corrected chi connectivity index (χ2v) is 7.32. The van der Waals surface area contributed by atoms with Crippen molar-refractivity contribution in [2.75, 3.05) is 12.9 Å². The van der Waals surface area contributed by atoms with Crippen LogP contribution in [0.3, 0.4) is 0 Å². The molecule has 0 aliphatic heterocycles. The Morgan fingerprint density at radius 2 is 1.92 bits per heavy atom. The molecule has 0 amide bonds. The predicted octanol–water partition coefficient (Wildman–Crippen LogP) is 2.94. The zero-order valence-corrected chi connectivity index (χ0v) is 14.5. The monoisotopic (exact) mass is 360 g/mol. The summed E-state index contributed by atoms with van der Waals surface area (Å²) in [4.78, 5) is 18.6. The smallest absolute Gasteiger partial charge is 0.354 e. The summed E-state index contributed by atoms with van der Waals surface area (Å²) < 4.78 is 33.5. The van der Waals surface area contributed by atoms with Gasteiger partial charge >= 0.3 is 5.97 Å². The molecule has 1 aromatic carbocycles. The van der Waals surface area contributed by atoms with Crippen molar-refractivity contribution >= 4 is 26.7 Å². The van der Waals surface area contributed by atoms with E-state index in [1.807, 2.05) is 0 Å². The van der Waals surface area contributed by atoms with Gasteiger partial charge in [0.25, 0.3) is 0 Å². The molecule has 0 fully saturated rings. The number of pyridine rings is 1. The molecule has 1 N–H and O–H groups in total. The molecular formula is C17H16N2O5S. The van der Waals surface area contributed by atoms with Crippen molar-refractivity contribution in [2.45, 2.75) is 11.9 Å². The van der Waals surface area contributed by atoms with Crippen LogP contribution in [0.2, 0.25) is 0 Å². The van der Waals surface area contributed by atoms with Gasteiger partial charge in [-0.05, 0) is 43.3 Å². The molecule has 0 radical (unpaired) electrons. The van der Waals surface area contributed by atoms with E-state index >= 15 is 0 Å². The number of hydrogen-bond donors (Lipinski definition) is 1. The number of ether oxygens (including phenoxy) is 2. The summed E-state index contributed by atoms with van der Waals surface area (Å²) in [6, 6.07) is 9.89. The second-order valence-electron chi connectivity index (χ2n) is 5.36. The molecule has 7 nitrogen and oxygen atoms in total. The highest BCUT2D eigenvalue weighted by atomic mass is 32.2. The molecule has 0 saturated heterocycles. The van der Waals surface area contributed by atoms with E-state index in [9.17, 15) is 13.2 Å². The van der Waals surface area contributed by atoms with Crippen LogP contribution < -0.4 is 4.74 Å². The van der Waals surface area contributed by atoms with E-state index in [1.165, 1.54) is 18.3 Å². The van der Waals surface area contributed by atoms with E-state index < -0.39 is 15.8 Å². The molecule has 0 spiro atoms. The predicted molar refractivity (Wildman–Crippen MR) is 91.7 cm³/mol. The lowest BCUT2D eigenvalue weighted by Gasteiger charge is -2.06. The third-order valence-corrected chi connectivity index (χ3v) is 4.41. The van der Waals surface area contributed by atoms with Gasteiger partial charge in [-0.1, -0.05) is 0 Å². The molecule has 130 valence electrons. The second kappa shape index (κ2) is 6.56. The Balaban J connectivity index is 1.83. The van der Waals surface area contributed by atoms with Crippen molar-refractivity contribution in [1.29, 1.82) is 0 Å². The summed E-state index contributed by atoms with van der Waals surface area (Å²) in [5, 5.41) is 0.779. The maximum Gasteiger partial charge on any atom is 0.354 e. The minimum atomic E-state index is -3.35. The quantitative estimate of drug-likeness (QED) is 0.703. The van der Waals surface area contributed by atoms with Crippen LogP contribution in [0.25, 0.3) is 10.9 Å². The lowest BCUT2D eigenvalue weighted by Crippen LogP contribution is -2.04. The number of hydrogen-bond acceptors (Lipinski definition) is 6. The van der Waals surface area contributed by atoms with Gasteiger partial charge in [0, 0.05) is 17.2 Å². The van der Waals surface area contributed by atoms with Crippen LogP contribution in [0.4, 0.5) is 0 Å². The van der Waals surface area contributed by atoms with E-state index in [0.717, 1.165) is 17.2 Å². The highest BCUT2D eigenvalue weighted by Gasteiger charge is 2.12. The van der Waals surface area contributed by atoms with E-state index in [4.69, 9.17) is 9.47 Å². The number of fused-ring (bicyclic) bond motifs is 1. The first-order chi connectivity index (χ1) is 11.9. The maximum absolute atomic E-state index is 11.8. The van der Waals surface area contributed by atoms with Crippen LogP contribution in [-0.4, -0.2) is 37.2 Å². The van der Waals surface area contributed by atoms with Crippen molar-refractivity contribution in [1.82, 2.24) is 9.97 Å². The fraction of sp³-hybridized carbons (Fsp3) is 0.176. The molecule has 0 unspecified atom stereocenters. The molecule has 8 heteroatoms. The first kappa shape index (κ1) is 17.0. The minimum Gasteiger partial charge on any atom is -0.461 e. The number of sulfone groups is 1. The molecule has 0 saturated carbocycles. The van der Waals surface area contributed by atoms with Gasteiger partial charge < -0.3 is 14.5 Å². The number of nitrogens with one attached hydrogen (secondary N) is 1. The summed E-state index contributed by atoms with van der Waals surface area (Å²) in [5.41, 5.74) is 1.15. The Kier molecular flexibility index (Phi) is 4.45. The summed E-state index contributed by atoms with van der Waals surface area (Å²) in [6.07, 6.45) is 2.44. The molecule has 0 aliphatic rings. The average Bonchev–Trinajstić information content (AvgIpc) is 2.98. The number of H-pyrrole nitrogens is 1. The molecule has 3 aromatic rings. The van der Waals surface area contributed by atoms with Crippen LogP contribution in [0.15, 0.2) is 47.6 Å². The Labute approximate surface area is 144 Å². The zero-order chi connectivity index (χ0) is 18.0. The zero-order valence-electron chi connectivity index (χ0n) is 13.6. The molecular weight excluding hydrogens is 344 g/mol. The molecule has 25 heavy (non-hydrogen) atoms. The Morgan fingerprint density at radius 3 is 2.56 bits per heavy atom. The number of carbonyl (C=O) groups is 1. The molecule has 0 bridgehead atoms. The standard InChI is InChI=1S/C17H16N2O5S/c1-3-23-17(20)15-9-11-8-12(4-6-14(11)19-15)24-13-5-7-16(18-10-13)25(2,21)22/h4-10,19H,3H2,1-2H3. The largest absolute Gasteiger partial charge is 0.461 e. The van der Waals surface area contributed by atoms with Crippen molar-refractivity contribution in [2.24, 2.45) is 0 Å². The van der Waals surface area contributed by atoms with Gasteiger partial charge in [0.2, 0.25) is 0 Å². The first-order valence-corrected chi connectivity index (χ1v) is 9.40. The summed E-state index contributed by atoms with van der Waals surface area (Å²) >= 11 is 0. The molecule has 2 heterocycles. The average molecular weight is 360 g/mol. The SMILES string of the molecule is CCOC(=O)c1cc2cc(Oc3ccc(S(C)(=O)=O)nc3)ccc2[nH]1. The summed E-state index contributed by atoms with van der Waals surface area (Å²) in [5.74, 6) is 0.533. The lowest BCUT2D eigenvalue weighted by molar-refractivity contribution is 0.0520. The highest BCUT2D eigenvalue weighted by Crippen LogP contribution is 2.26. The van der Waals surface area contributed by atoms with Crippen molar-refractivity contribution < 1.29 is 22.7 Å². The number of benzene rings is 1. The van der Waals surface area contributed by atoms with Gasteiger partial charge in [-0.25, -0.2) is 18.2 Å². The highest BCUT2D eigenvalue weighted by molar-refractivity contribution is 7.90. The van der Waals surface area contributed by atoms with Gasteiger partial charge in [-0.15, -0.1) is 0 Å². The molecule has 0 aliphatic carbocycles. The Bertz CT molecular complexity index is 1020. The number of esters is 1. The number of carbonyl (C=O) groups excluding carboxylic acids is 1. The minimum absolute atomic E-state index is 0.0139. The van der Waals surface area contributed by atoms with Crippen LogP contribution in [0, 0.1) is 0 Å². The first-order valence-electron chi connectivity index (χ1n) is 7.50. The molecule has 3 rings (SSSR count). The maximum atomic E-state index is 11.8. The normalized spacial score (nSPS) is 11.4. The fourth-order valence-corrected chi connectivity index (χ4v) is 2.83. The Hall–Kier alpha value is -2.87. The van der Waals surface area contributed by atoms with Gasteiger partial charge in [0.15, 0.2) is 14.9 Å². The topological polar surface area (TPSA) is 98.3 Å². The lowest BCUT2D eigenvalue weighted by atomic mass is 10.2. The summed E-state index contributed by atoms with van der Waals surface area (Å²) in [6.45, 7) is 2.05. The van der Waals surface area contributed by atoms with Gasteiger partial charge in [0.05, 0.1) is 12.8 Å². The third kappa shape index (κ3) is 3.80. The van der Waals surface area contributed by atoms with Crippen LogP contribution in [-0.2, 0) is 14.6 Å². The van der Waals surface area contributed by atoms with Crippen molar-refractivity contribution in [3.8, 4) is 11.5 Å². The van der Waals surface area contributed by atoms with E-state index in [0.29, 0.717) is 23.8 Å². The van der Waals surface area contributed by atoms with Gasteiger partial charge in [0.1, 0.15) is 17.2 Å². The van der Waals surface area contributed by atoms with Crippen LogP contribution in [0.1, 0.15) is 17.4 Å². The third-order valence-electron chi connectivity index (χ3n) is 3.41. The summed E-state index contributed by atoms with van der Waals surface area (Å²) in [7, 11) is -3.35. The molecule has 0 atom stereocenters. The van der Waals surface area contributed by atoms with Crippen LogP contribution >= 0.6 is 0 Å². The fourth-order valence-electron chi connectivity index (χ4n) is 2.28. The molecule has 2 aromatic heterocycles. The number of nitrogens with zero attached hydrogens (tertiary/aromatic N) is 1. The van der Waals surface area contributed by atoms with Crippen molar-refractivity contribution in [3.63, 3.8) is 0 Å². The van der Waals surface area contributed by atoms with E-state index in [-0.39, 0.29) is 5.03 Å². The van der Waals surface area contributed by atoms with Gasteiger partial charge in [-0.2, -0.15) is 0 Å². The van der Waals surface area contributed by atoms with E-state index in [2.05, 4.69) is 9.97 Å². The Morgan fingerprint density at radius 1 is 1.16 bits per heavy atom. The number of rotatable bonds is 5. The number of aromatic nitrogens is 2. The van der Waals surface area contributed by atoms with Crippen molar-refractivity contribution in [3.05, 3.63) is 48.3 Å². The number of aromatic amines is 1. The van der Waals surface area contributed by atoms with Crippen LogP contribution in [0.5, 0.6) is 11.5 Å².